The first kappa shape index (κ1) is 24.4. The van der Waals surface area contributed by atoms with Crippen LogP contribution in [-0.2, 0) is 10.0 Å². The van der Waals surface area contributed by atoms with Crippen molar-refractivity contribution in [3.63, 3.8) is 0 Å². The van der Waals surface area contributed by atoms with E-state index in [2.05, 4.69) is 24.9 Å². The van der Waals surface area contributed by atoms with Gasteiger partial charge in [0.25, 0.3) is 0 Å². The fraction of sp³-hybridized carbons (Fsp3) is 0.400. The SMILES string of the molecule is CN=C(NCCNS(=O)(=O)c1cccnc1)N1CCC(Oc2ccccc2)CC1.I. The Labute approximate surface area is 195 Å². The highest BCUT2D eigenvalue weighted by molar-refractivity contribution is 14.0. The Balaban J connectivity index is 0.00000320. The molecule has 0 unspecified atom stereocenters. The molecule has 0 saturated carbocycles. The van der Waals surface area contributed by atoms with Gasteiger partial charge in [-0.25, -0.2) is 13.1 Å². The number of benzene rings is 1. The number of aromatic nitrogens is 1. The minimum atomic E-state index is -3.55. The van der Waals surface area contributed by atoms with E-state index in [4.69, 9.17) is 4.74 Å². The van der Waals surface area contributed by atoms with Crippen LogP contribution in [0.5, 0.6) is 5.75 Å². The third kappa shape index (κ3) is 7.10. The zero-order valence-electron chi connectivity index (χ0n) is 16.9. The Kier molecular flexibility index (Phi) is 9.79. The number of guanidine groups is 1. The van der Waals surface area contributed by atoms with Crippen LogP contribution in [0.25, 0.3) is 0 Å². The Morgan fingerprint density at radius 2 is 1.90 bits per heavy atom. The number of para-hydroxylation sites is 1. The summed E-state index contributed by atoms with van der Waals surface area (Å²) in [5, 5.41) is 3.22. The number of pyridine rings is 1. The molecule has 10 heteroatoms. The summed E-state index contributed by atoms with van der Waals surface area (Å²) >= 11 is 0. The maximum absolute atomic E-state index is 12.2. The molecule has 0 bridgehead atoms. The third-order valence-electron chi connectivity index (χ3n) is 4.64. The first-order valence-electron chi connectivity index (χ1n) is 9.65. The topological polar surface area (TPSA) is 95.9 Å². The Hall–Kier alpha value is -1.92. The van der Waals surface area contributed by atoms with Crippen molar-refractivity contribution in [1.82, 2.24) is 19.9 Å². The van der Waals surface area contributed by atoms with Crippen molar-refractivity contribution in [1.29, 1.82) is 0 Å². The van der Waals surface area contributed by atoms with Crippen molar-refractivity contribution in [2.24, 2.45) is 4.99 Å². The molecule has 0 atom stereocenters. The summed E-state index contributed by atoms with van der Waals surface area (Å²) in [6.45, 7) is 2.35. The van der Waals surface area contributed by atoms with Gasteiger partial charge in [-0.1, -0.05) is 18.2 Å². The van der Waals surface area contributed by atoms with Crippen molar-refractivity contribution >= 4 is 40.0 Å². The van der Waals surface area contributed by atoms with Crippen molar-refractivity contribution in [2.75, 3.05) is 33.2 Å². The van der Waals surface area contributed by atoms with E-state index < -0.39 is 10.0 Å². The minimum absolute atomic E-state index is 0. The molecule has 0 radical (unpaired) electrons. The average Bonchev–Trinajstić information content (AvgIpc) is 2.76. The van der Waals surface area contributed by atoms with Gasteiger partial charge in [0.2, 0.25) is 10.0 Å². The van der Waals surface area contributed by atoms with E-state index in [-0.39, 0.29) is 41.5 Å². The summed E-state index contributed by atoms with van der Waals surface area (Å²) in [5.74, 6) is 1.66. The van der Waals surface area contributed by atoms with E-state index in [1.807, 2.05) is 30.3 Å². The van der Waals surface area contributed by atoms with Gasteiger partial charge in [-0.3, -0.25) is 9.98 Å². The van der Waals surface area contributed by atoms with E-state index in [1.165, 1.54) is 12.3 Å². The summed E-state index contributed by atoms with van der Waals surface area (Å²) < 4.78 is 33.0. The highest BCUT2D eigenvalue weighted by Crippen LogP contribution is 2.18. The van der Waals surface area contributed by atoms with Crippen LogP contribution in [0.2, 0.25) is 0 Å². The Morgan fingerprint density at radius 1 is 1.17 bits per heavy atom. The lowest BCUT2D eigenvalue weighted by atomic mass is 10.1. The monoisotopic (exact) mass is 545 g/mol. The van der Waals surface area contributed by atoms with Crippen LogP contribution < -0.4 is 14.8 Å². The van der Waals surface area contributed by atoms with Crippen LogP contribution in [0.1, 0.15) is 12.8 Å². The molecular weight excluding hydrogens is 517 g/mol. The molecule has 2 aromatic rings. The molecule has 2 heterocycles. The van der Waals surface area contributed by atoms with Crippen LogP contribution in [0.15, 0.2) is 64.7 Å². The molecule has 1 fully saturated rings. The molecule has 0 amide bonds. The second kappa shape index (κ2) is 12.1. The molecule has 30 heavy (non-hydrogen) atoms. The molecule has 1 saturated heterocycles. The van der Waals surface area contributed by atoms with Crippen molar-refractivity contribution in [2.45, 2.75) is 23.8 Å². The summed E-state index contributed by atoms with van der Waals surface area (Å²) in [5.41, 5.74) is 0. The van der Waals surface area contributed by atoms with Crippen LogP contribution in [0.3, 0.4) is 0 Å². The number of nitrogens with zero attached hydrogens (tertiary/aromatic N) is 3. The van der Waals surface area contributed by atoms with Gasteiger partial charge in [-0.15, -0.1) is 24.0 Å². The number of likely N-dealkylation sites (tertiary alicyclic amines) is 1. The molecule has 1 aliphatic heterocycles. The molecule has 3 rings (SSSR count). The number of aliphatic imine (C=N–C) groups is 1. The van der Waals surface area contributed by atoms with Gasteiger partial charge in [0.1, 0.15) is 16.7 Å². The molecule has 1 aromatic carbocycles. The van der Waals surface area contributed by atoms with E-state index in [1.54, 1.807) is 19.3 Å². The molecule has 0 spiro atoms. The number of hydrogen-bond acceptors (Lipinski definition) is 5. The first-order chi connectivity index (χ1) is 14.1. The molecule has 1 aromatic heterocycles. The van der Waals surface area contributed by atoms with E-state index in [0.29, 0.717) is 6.54 Å². The Morgan fingerprint density at radius 3 is 2.53 bits per heavy atom. The van der Waals surface area contributed by atoms with Gasteiger partial charge in [0.05, 0.1) is 0 Å². The van der Waals surface area contributed by atoms with Crippen molar-refractivity contribution in [3.05, 3.63) is 54.9 Å². The van der Waals surface area contributed by atoms with Crippen LogP contribution in [-0.4, -0.2) is 63.6 Å². The highest BCUT2D eigenvalue weighted by Gasteiger charge is 2.22. The summed E-state index contributed by atoms with van der Waals surface area (Å²) in [6.07, 6.45) is 4.87. The molecule has 8 nitrogen and oxygen atoms in total. The second-order valence-corrected chi connectivity index (χ2v) is 8.44. The number of hydrogen-bond donors (Lipinski definition) is 2. The molecule has 2 N–H and O–H groups in total. The first-order valence-corrected chi connectivity index (χ1v) is 11.1. The van der Waals surface area contributed by atoms with Crippen LogP contribution >= 0.6 is 24.0 Å². The normalized spacial score (nSPS) is 15.4. The van der Waals surface area contributed by atoms with Crippen LogP contribution in [0.4, 0.5) is 0 Å². The number of ether oxygens (including phenoxy) is 1. The van der Waals surface area contributed by atoms with Crippen LogP contribution in [0, 0.1) is 0 Å². The molecule has 1 aliphatic rings. The summed E-state index contributed by atoms with van der Waals surface area (Å²) in [6, 6.07) is 13.0. The standard InChI is InChI=1S/C20H27N5O3S.HI/c1-21-20(23-12-13-24-29(26,27)19-8-5-11-22-16-19)25-14-9-18(10-15-25)28-17-6-3-2-4-7-17;/h2-8,11,16,18,24H,9-10,12-15H2,1H3,(H,21,23);1H. The predicted octanol–water partition coefficient (Wildman–Crippen LogP) is 2.10. The molecular formula is C20H28IN5O3S. The quantitative estimate of drug-likeness (QED) is 0.240. The second-order valence-electron chi connectivity index (χ2n) is 6.68. The van der Waals surface area contributed by atoms with Crippen molar-refractivity contribution in [3.8, 4) is 5.75 Å². The van der Waals surface area contributed by atoms with Gasteiger partial charge in [-0.2, -0.15) is 0 Å². The smallest absolute Gasteiger partial charge is 0.242 e. The fourth-order valence-corrected chi connectivity index (χ4v) is 4.15. The lowest BCUT2D eigenvalue weighted by Gasteiger charge is -2.34. The molecule has 0 aliphatic carbocycles. The molecule has 164 valence electrons. The van der Waals surface area contributed by atoms with Gasteiger partial charge >= 0.3 is 0 Å². The highest BCUT2D eigenvalue weighted by atomic mass is 127. The van der Waals surface area contributed by atoms with E-state index in [0.717, 1.165) is 37.6 Å². The largest absolute Gasteiger partial charge is 0.490 e. The number of rotatable bonds is 7. The number of sulfonamides is 1. The maximum Gasteiger partial charge on any atom is 0.242 e. The van der Waals surface area contributed by atoms with E-state index in [9.17, 15) is 8.42 Å². The lowest BCUT2D eigenvalue weighted by molar-refractivity contribution is 0.129. The van der Waals surface area contributed by atoms with Gasteiger partial charge in [-0.05, 0) is 24.3 Å². The number of piperidine rings is 1. The van der Waals surface area contributed by atoms with Gasteiger partial charge < -0.3 is 15.0 Å². The number of halogens is 1. The zero-order chi connectivity index (χ0) is 20.5. The van der Waals surface area contributed by atoms with Crippen molar-refractivity contribution < 1.29 is 13.2 Å². The van der Waals surface area contributed by atoms with Gasteiger partial charge in [0, 0.05) is 58.5 Å². The third-order valence-corrected chi connectivity index (χ3v) is 6.09. The average molecular weight is 545 g/mol. The van der Waals surface area contributed by atoms with Gasteiger partial charge in [0.15, 0.2) is 5.96 Å². The minimum Gasteiger partial charge on any atom is -0.490 e. The zero-order valence-corrected chi connectivity index (χ0v) is 20.0. The predicted molar refractivity (Wildman–Crippen MR) is 128 cm³/mol. The fourth-order valence-electron chi connectivity index (χ4n) is 3.16. The lowest BCUT2D eigenvalue weighted by Crippen LogP contribution is -2.48. The summed E-state index contributed by atoms with van der Waals surface area (Å²) in [4.78, 5) is 10.5. The summed E-state index contributed by atoms with van der Waals surface area (Å²) in [7, 11) is -1.82. The number of nitrogens with one attached hydrogen (secondary N) is 2. The van der Waals surface area contributed by atoms with E-state index >= 15 is 0 Å². The Bertz CT molecular complexity index is 889. The maximum atomic E-state index is 12.2.